The summed E-state index contributed by atoms with van der Waals surface area (Å²) in [6.07, 6.45) is 6.34. The van der Waals surface area contributed by atoms with Gasteiger partial charge in [-0.2, -0.15) is 0 Å². The van der Waals surface area contributed by atoms with Gasteiger partial charge in [0.25, 0.3) is 0 Å². The maximum absolute atomic E-state index is 5.63. The van der Waals surface area contributed by atoms with E-state index < -0.39 is 0 Å². The van der Waals surface area contributed by atoms with Crippen LogP contribution in [0.25, 0.3) is 5.76 Å². The van der Waals surface area contributed by atoms with Crippen molar-refractivity contribution in [1.82, 2.24) is 0 Å². The SMILES string of the molecule is CCOC(=C=NC1CCCCC1)c1ccccc1. The second-order valence-corrected chi connectivity index (χ2v) is 4.66. The molecule has 0 atom stereocenters. The van der Waals surface area contributed by atoms with Crippen molar-refractivity contribution in [1.29, 1.82) is 0 Å². The predicted molar refractivity (Wildman–Crippen MR) is 75.8 cm³/mol. The Morgan fingerprint density at radius 2 is 1.94 bits per heavy atom. The second kappa shape index (κ2) is 7.03. The number of nitrogens with zero attached hydrogens (tertiary/aromatic N) is 1. The Morgan fingerprint density at radius 3 is 2.61 bits per heavy atom. The monoisotopic (exact) mass is 243 g/mol. The minimum absolute atomic E-state index is 0.443. The molecule has 0 bridgehead atoms. The first kappa shape index (κ1) is 12.9. The predicted octanol–water partition coefficient (Wildman–Crippen LogP) is 4.07. The molecule has 0 amide bonds. The van der Waals surface area contributed by atoms with E-state index in [4.69, 9.17) is 4.74 Å². The van der Waals surface area contributed by atoms with Gasteiger partial charge in [-0.3, -0.25) is 0 Å². The average Bonchev–Trinajstić information content (AvgIpc) is 2.45. The Labute approximate surface area is 109 Å². The molecule has 1 aromatic rings. The van der Waals surface area contributed by atoms with E-state index in [2.05, 4.69) is 10.9 Å². The molecule has 0 radical (unpaired) electrons. The van der Waals surface area contributed by atoms with Gasteiger partial charge in [0.1, 0.15) is 0 Å². The Kier molecular flexibility index (Phi) is 5.04. The van der Waals surface area contributed by atoms with Gasteiger partial charge in [-0.25, -0.2) is 4.99 Å². The van der Waals surface area contributed by atoms with Crippen LogP contribution in [0.1, 0.15) is 44.6 Å². The fourth-order valence-electron chi connectivity index (χ4n) is 2.27. The summed E-state index contributed by atoms with van der Waals surface area (Å²) in [5, 5.41) is 0. The first-order valence-electron chi connectivity index (χ1n) is 6.91. The number of aliphatic imine (C=N–C) groups is 1. The molecule has 96 valence electrons. The minimum atomic E-state index is 0.443. The quantitative estimate of drug-likeness (QED) is 0.577. The van der Waals surface area contributed by atoms with Crippen molar-refractivity contribution in [3.05, 3.63) is 35.9 Å². The molecule has 0 heterocycles. The summed E-state index contributed by atoms with van der Waals surface area (Å²) in [5.41, 5.74) is 1.05. The number of rotatable bonds is 4. The van der Waals surface area contributed by atoms with Crippen molar-refractivity contribution in [3.8, 4) is 0 Å². The minimum Gasteiger partial charge on any atom is -0.484 e. The number of benzene rings is 1. The van der Waals surface area contributed by atoms with E-state index >= 15 is 0 Å². The Balaban J connectivity index is 2.15. The molecule has 0 aliphatic heterocycles. The van der Waals surface area contributed by atoms with Crippen LogP contribution in [-0.4, -0.2) is 18.5 Å². The van der Waals surface area contributed by atoms with E-state index in [-0.39, 0.29) is 0 Å². The molecule has 0 N–H and O–H groups in total. The third-order valence-electron chi connectivity index (χ3n) is 3.25. The molecule has 0 unspecified atom stereocenters. The van der Waals surface area contributed by atoms with E-state index in [1.807, 2.05) is 37.3 Å². The van der Waals surface area contributed by atoms with Crippen LogP contribution < -0.4 is 0 Å². The maximum atomic E-state index is 5.63. The van der Waals surface area contributed by atoms with Crippen LogP contribution in [0.2, 0.25) is 0 Å². The third kappa shape index (κ3) is 3.75. The molecule has 1 fully saturated rings. The highest BCUT2D eigenvalue weighted by atomic mass is 16.5. The average molecular weight is 243 g/mol. The molecule has 0 aromatic heterocycles. The molecule has 2 nitrogen and oxygen atoms in total. The van der Waals surface area contributed by atoms with Gasteiger partial charge in [-0.15, -0.1) is 0 Å². The van der Waals surface area contributed by atoms with Crippen molar-refractivity contribution < 1.29 is 4.74 Å². The summed E-state index contributed by atoms with van der Waals surface area (Å²) in [6.45, 7) is 2.64. The molecule has 2 rings (SSSR count). The fraction of sp³-hybridized carbons (Fsp3) is 0.500. The van der Waals surface area contributed by atoms with Crippen molar-refractivity contribution in [2.45, 2.75) is 45.1 Å². The Bertz CT molecular complexity index is 412. The summed E-state index contributed by atoms with van der Waals surface area (Å²) < 4.78 is 5.63. The molecular formula is C16H21NO. The van der Waals surface area contributed by atoms with Crippen LogP contribution >= 0.6 is 0 Å². The Hall–Kier alpha value is -1.53. The topological polar surface area (TPSA) is 21.6 Å². The van der Waals surface area contributed by atoms with Crippen LogP contribution in [0.3, 0.4) is 0 Å². The fourth-order valence-corrected chi connectivity index (χ4v) is 2.27. The van der Waals surface area contributed by atoms with E-state index in [1.54, 1.807) is 0 Å². The van der Waals surface area contributed by atoms with Gasteiger partial charge < -0.3 is 4.74 Å². The van der Waals surface area contributed by atoms with Gasteiger partial charge in [0.15, 0.2) is 5.76 Å². The first-order chi connectivity index (χ1) is 8.90. The molecule has 2 heteroatoms. The van der Waals surface area contributed by atoms with Crippen LogP contribution in [-0.2, 0) is 4.74 Å². The van der Waals surface area contributed by atoms with Gasteiger partial charge >= 0.3 is 0 Å². The standard InChI is InChI=1S/C16H21NO/c1-2-18-16(14-9-5-3-6-10-14)13-17-15-11-7-4-8-12-15/h3,5-6,9-10,15H,2,4,7-8,11-12H2,1H3. The molecule has 0 saturated heterocycles. The van der Waals surface area contributed by atoms with Crippen LogP contribution in [0.4, 0.5) is 0 Å². The van der Waals surface area contributed by atoms with Crippen LogP contribution in [0, 0.1) is 0 Å². The molecular weight excluding hydrogens is 222 g/mol. The van der Waals surface area contributed by atoms with Crippen molar-refractivity contribution in [2.75, 3.05) is 6.61 Å². The lowest BCUT2D eigenvalue weighted by atomic mass is 9.96. The highest BCUT2D eigenvalue weighted by molar-refractivity contribution is 5.85. The van der Waals surface area contributed by atoms with Gasteiger partial charge in [0.2, 0.25) is 0 Å². The third-order valence-corrected chi connectivity index (χ3v) is 3.25. The van der Waals surface area contributed by atoms with Crippen LogP contribution in [0.15, 0.2) is 35.3 Å². The number of hydrogen-bond acceptors (Lipinski definition) is 2. The molecule has 1 saturated carbocycles. The highest BCUT2D eigenvalue weighted by Gasteiger charge is 2.11. The zero-order chi connectivity index (χ0) is 12.6. The van der Waals surface area contributed by atoms with Gasteiger partial charge in [-0.05, 0) is 19.8 Å². The molecule has 1 aliphatic carbocycles. The lowest BCUT2D eigenvalue weighted by molar-refractivity contribution is 0.301. The zero-order valence-electron chi connectivity index (χ0n) is 11.1. The van der Waals surface area contributed by atoms with E-state index in [0.717, 1.165) is 11.3 Å². The number of hydrogen-bond donors (Lipinski definition) is 0. The summed E-state index contributed by atoms with van der Waals surface area (Å²) in [6, 6.07) is 10.5. The lowest BCUT2D eigenvalue weighted by Gasteiger charge is -2.16. The lowest BCUT2D eigenvalue weighted by Crippen LogP contribution is -2.09. The van der Waals surface area contributed by atoms with Crippen molar-refractivity contribution >= 4 is 11.6 Å². The highest BCUT2D eigenvalue weighted by Crippen LogP contribution is 2.20. The molecule has 1 aromatic carbocycles. The molecule has 0 spiro atoms. The Morgan fingerprint density at radius 1 is 1.22 bits per heavy atom. The normalized spacial score (nSPS) is 15.8. The zero-order valence-corrected chi connectivity index (χ0v) is 11.1. The van der Waals surface area contributed by atoms with Gasteiger partial charge in [0.05, 0.1) is 12.6 Å². The number of ether oxygens (including phenoxy) is 1. The molecule has 18 heavy (non-hydrogen) atoms. The van der Waals surface area contributed by atoms with Crippen molar-refractivity contribution in [2.24, 2.45) is 4.99 Å². The first-order valence-corrected chi connectivity index (χ1v) is 6.91. The van der Waals surface area contributed by atoms with Gasteiger partial charge in [-0.1, -0.05) is 49.6 Å². The summed E-state index contributed by atoms with van der Waals surface area (Å²) >= 11 is 0. The van der Waals surface area contributed by atoms with Gasteiger partial charge in [0, 0.05) is 11.4 Å². The van der Waals surface area contributed by atoms with Crippen molar-refractivity contribution in [3.63, 3.8) is 0 Å². The smallest absolute Gasteiger partial charge is 0.187 e. The van der Waals surface area contributed by atoms with E-state index in [1.165, 1.54) is 32.1 Å². The van der Waals surface area contributed by atoms with E-state index in [0.29, 0.717) is 12.6 Å². The second-order valence-electron chi connectivity index (χ2n) is 4.66. The molecule has 1 aliphatic rings. The summed E-state index contributed by atoms with van der Waals surface area (Å²) in [5.74, 6) is 3.89. The largest absolute Gasteiger partial charge is 0.484 e. The maximum Gasteiger partial charge on any atom is 0.187 e. The van der Waals surface area contributed by atoms with Crippen LogP contribution in [0.5, 0.6) is 0 Å². The summed E-state index contributed by atoms with van der Waals surface area (Å²) in [7, 11) is 0. The summed E-state index contributed by atoms with van der Waals surface area (Å²) in [4.78, 5) is 4.57. The van der Waals surface area contributed by atoms with E-state index in [9.17, 15) is 0 Å².